The summed E-state index contributed by atoms with van der Waals surface area (Å²) in [5, 5.41) is 0. The number of hydrogen-bond donors (Lipinski definition) is 0. The van der Waals surface area contributed by atoms with Gasteiger partial charge in [0.05, 0.1) is 19.1 Å². The molecule has 4 saturated carbocycles. The van der Waals surface area contributed by atoms with Crippen LogP contribution in [0.1, 0.15) is 52.4 Å². The minimum Gasteiger partial charge on any atom is -0.467 e. The molecule has 5 rings (SSSR count). The lowest BCUT2D eigenvalue weighted by molar-refractivity contribution is -0.202. The van der Waals surface area contributed by atoms with Crippen molar-refractivity contribution in [3.05, 3.63) is 0 Å². The van der Waals surface area contributed by atoms with Gasteiger partial charge in [0, 0.05) is 24.2 Å². The van der Waals surface area contributed by atoms with E-state index in [0.29, 0.717) is 19.3 Å². The smallest absolute Gasteiger partial charge is 0.338 e. The predicted octanol–water partition coefficient (Wildman–Crippen LogP) is 2.06. The van der Waals surface area contributed by atoms with Crippen molar-refractivity contribution in [3.8, 4) is 0 Å². The van der Waals surface area contributed by atoms with Crippen LogP contribution in [-0.4, -0.2) is 36.4 Å². The highest BCUT2D eigenvalue weighted by Gasteiger charge is 2.77. The topological polar surface area (TPSA) is 69.7 Å². The summed E-state index contributed by atoms with van der Waals surface area (Å²) >= 11 is 0. The highest BCUT2D eigenvalue weighted by molar-refractivity contribution is 5.95. The number of fused-ring (bicyclic) bond motifs is 3. The Morgan fingerprint density at radius 2 is 1.96 bits per heavy atom. The van der Waals surface area contributed by atoms with Gasteiger partial charge in [-0.2, -0.15) is 0 Å². The third kappa shape index (κ3) is 1.64. The van der Waals surface area contributed by atoms with Crippen molar-refractivity contribution >= 4 is 17.5 Å². The summed E-state index contributed by atoms with van der Waals surface area (Å²) in [6.45, 7) is 4.20. The Kier molecular flexibility index (Phi) is 2.95. The predicted molar refractivity (Wildman–Crippen MR) is 80.5 cm³/mol. The van der Waals surface area contributed by atoms with Crippen LogP contribution in [0.2, 0.25) is 0 Å². The fraction of sp³-hybridized carbons (Fsp3) is 0.833. The first-order chi connectivity index (χ1) is 10.8. The SMILES string of the molecule is COC(=O)[C@@]12C[C@H]3CC[C@@]1(CC3=O)[C@H]1C(=O)CCC(C)(C)[C@H]1O2. The standard InChI is InChI=1S/C18H24O5/c1-16(2)6-5-11(19)13-14(16)23-18(15(21)22-3)8-10-4-7-17(13,18)9-12(10)20/h10,13-14H,4-9H2,1-3H3/t10-,13+,14+,17-,18+/m1/s1. The van der Waals surface area contributed by atoms with Gasteiger partial charge in [-0.3, -0.25) is 9.59 Å². The van der Waals surface area contributed by atoms with E-state index in [1.165, 1.54) is 7.11 Å². The molecule has 1 spiro atoms. The van der Waals surface area contributed by atoms with Crippen LogP contribution in [0.25, 0.3) is 0 Å². The lowest BCUT2D eigenvalue weighted by Crippen LogP contribution is -2.64. The van der Waals surface area contributed by atoms with Crippen LogP contribution in [0.3, 0.4) is 0 Å². The largest absolute Gasteiger partial charge is 0.467 e. The zero-order valence-electron chi connectivity index (χ0n) is 14.0. The summed E-state index contributed by atoms with van der Waals surface area (Å²) in [7, 11) is 1.37. The minimum absolute atomic E-state index is 0.130. The molecule has 1 aliphatic heterocycles. The van der Waals surface area contributed by atoms with Crippen molar-refractivity contribution in [2.75, 3.05) is 7.11 Å². The first-order valence-corrected chi connectivity index (χ1v) is 8.59. The lowest BCUT2D eigenvalue weighted by atomic mass is 9.46. The minimum atomic E-state index is -1.11. The van der Waals surface area contributed by atoms with E-state index in [2.05, 4.69) is 13.8 Å². The normalized spacial score (nSPS) is 47.2. The molecule has 126 valence electrons. The Morgan fingerprint density at radius 1 is 1.22 bits per heavy atom. The van der Waals surface area contributed by atoms with Crippen molar-refractivity contribution < 1.29 is 23.9 Å². The van der Waals surface area contributed by atoms with Crippen LogP contribution in [0.5, 0.6) is 0 Å². The molecule has 5 fully saturated rings. The molecule has 5 aliphatic rings. The van der Waals surface area contributed by atoms with Crippen molar-refractivity contribution in [1.82, 2.24) is 0 Å². The maximum atomic E-state index is 12.8. The number of methoxy groups -OCH3 is 1. The number of carbonyl (C=O) groups excluding carboxylic acids is 3. The van der Waals surface area contributed by atoms with Gasteiger partial charge in [0.1, 0.15) is 11.6 Å². The summed E-state index contributed by atoms with van der Waals surface area (Å²) < 4.78 is 11.5. The Labute approximate surface area is 136 Å². The van der Waals surface area contributed by atoms with Crippen molar-refractivity contribution in [3.63, 3.8) is 0 Å². The number of esters is 1. The molecule has 5 nitrogen and oxygen atoms in total. The molecule has 4 aliphatic carbocycles. The molecule has 0 aromatic heterocycles. The van der Waals surface area contributed by atoms with Gasteiger partial charge in [0.25, 0.3) is 0 Å². The average molecular weight is 320 g/mol. The molecule has 23 heavy (non-hydrogen) atoms. The maximum Gasteiger partial charge on any atom is 0.338 e. The monoisotopic (exact) mass is 320 g/mol. The van der Waals surface area contributed by atoms with Crippen molar-refractivity contribution in [1.29, 1.82) is 0 Å². The van der Waals surface area contributed by atoms with E-state index in [1.54, 1.807) is 0 Å². The van der Waals surface area contributed by atoms with E-state index in [0.717, 1.165) is 12.8 Å². The number of carbonyl (C=O) groups is 3. The number of Topliss-reactive ketones (excluding diaryl/α,β-unsaturated/α-hetero) is 2. The average Bonchev–Trinajstić information content (AvgIpc) is 2.83. The Bertz CT molecular complexity index is 609. The molecular weight excluding hydrogens is 296 g/mol. The molecule has 0 amide bonds. The van der Waals surface area contributed by atoms with Gasteiger partial charge in [-0.15, -0.1) is 0 Å². The fourth-order valence-corrected chi connectivity index (χ4v) is 5.83. The number of ketones is 2. The molecule has 0 radical (unpaired) electrons. The van der Waals surface area contributed by atoms with Gasteiger partial charge in [-0.05, 0) is 31.1 Å². The van der Waals surface area contributed by atoms with E-state index >= 15 is 0 Å². The second kappa shape index (κ2) is 4.44. The molecule has 0 N–H and O–H groups in total. The van der Waals surface area contributed by atoms with Gasteiger partial charge in [-0.1, -0.05) is 13.8 Å². The van der Waals surface area contributed by atoms with Gasteiger partial charge in [-0.25, -0.2) is 4.79 Å². The Hall–Kier alpha value is -1.23. The number of hydrogen-bond acceptors (Lipinski definition) is 5. The van der Waals surface area contributed by atoms with Crippen LogP contribution < -0.4 is 0 Å². The lowest BCUT2D eigenvalue weighted by Gasteiger charge is -2.54. The second-order valence-electron chi connectivity index (χ2n) is 8.53. The zero-order valence-corrected chi connectivity index (χ0v) is 14.0. The molecule has 0 aromatic carbocycles. The third-order valence-corrected chi connectivity index (χ3v) is 7.10. The van der Waals surface area contributed by atoms with Crippen LogP contribution in [0.15, 0.2) is 0 Å². The molecule has 2 bridgehead atoms. The quantitative estimate of drug-likeness (QED) is 0.692. The number of rotatable bonds is 1. The summed E-state index contributed by atoms with van der Waals surface area (Å²) in [6, 6.07) is 0. The second-order valence-corrected chi connectivity index (χ2v) is 8.53. The first-order valence-electron chi connectivity index (χ1n) is 8.59. The van der Waals surface area contributed by atoms with E-state index in [4.69, 9.17) is 9.47 Å². The van der Waals surface area contributed by atoms with E-state index in [1.807, 2.05) is 0 Å². The Morgan fingerprint density at radius 3 is 2.61 bits per heavy atom. The number of ether oxygens (including phenoxy) is 2. The summed E-state index contributed by atoms with van der Waals surface area (Å²) in [5.41, 5.74) is -1.97. The van der Waals surface area contributed by atoms with Gasteiger partial charge >= 0.3 is 5.97 Å². The van der Waals surface area contributed by atoms with Crippen LogP contribution in [-0.2, 0) is 23.9 Å². The van der Waals surface area contributed by atoms with Gasteiger partial charge < -0.3 is 9.47 Å². The van der Waals surface area contributed by atoms with E-state index < -0.39 is 17.0 Å². The Balaban J connectivity index is 1.91. The highest BCUT2D eigenvalue weighted by atomic mass is 16.6. The third-order valence-electron chi connectivity index (χ3n) is 7.10. The molecule has 0 aromatic rings. The van der Waals surface area contributed by atoms with Crippen molar-refractivity contribution in [2.45, 2.75) is 64.1 Å². The van der Waals surface area contributed by atoms with Crippen molar-refractivity contribution in [2.24, 2.45) is 22.7 Å². The van der Waals surface area contributed by atoms with E-state index in [9.17, 15) is 14.4 Å². The molecule has 5 heteroatoms. The van der Waals surface area contributed by atoms with Gasteiger partial charge in [0.15, 0.2) is 5.60 Å². The zero-order chi connectivity index (χ0) is 16.6. The maximum absolute atomic E-state index is 12.8. The summed E-state index contributed by atoms with van der Waals surface area (Å²) in [4.78, 5) is 38.0. The van der Waals surface area contributed by atoms with E-state index in [-0.39, 0.29) is 41.3 Å². The van der Waals surface area contributed by atoms with Crippen LogP contribution in [0, 0.1) is 22.7 Å². The van der Waals surface area contributed by atoms with Crippen LogP contribution >= 0.6 is 0 Å². The summed E-state index contributed by atoms with van der Waals surface area (Å²) in [5.74, 6) is -0.526. The fourth-order valence-electron chi connectivity index (χ4n) is 5.83. The molecular formula is C18H24O5. The molecule has 1 saturated heterocycles. The van der Waals surface area contributed by atoms with Gasteiger partial charge in [0.2, 0.25) is 0 Å². The van der Waals surface area contributed by atoms with Crippen LogP contribution in [0.4, 0.5) is 0 Å². The molecule has 5 atom stereocenters. The summed E-state index contributed by atoms with van der Waals surface area (Å²) in [6.07, 6.45) is 3.11. The highest BCUT2D eigenvalue weighted by Crippen LogP contribution is 2.68. The molecule has 0 unspecified atom stereocenters. The first kappa shape index (κ1) is 15.3. The molecule has 1 heterocycles.